The molecule has 0 spiro atoms. The Kier molecular flexibility index (Phi) is 4.62. The third-order valence-corrected chi connectivity index (χ3v) is 4.23. The van der Waals surface area contributed by atoms with Gasteiger partial charge in [0, 0.05) is 20.6 Å². The van der Waals surface area contributed by atoms with Crippen LogP contribution in [0.2, 0.25) is 0 Å². The van der Waals surface area contributed by atoms with Crippen molar-refractivity contribution in [2.45, 2.75) is 25.3 Å². The lowest BCUT2D eigenvalue weighted by Crippen LogP contribution is -2.34. The normalized spacial score (nSPS) is 14.1. The highest BCUT2D eigenvalue weighted by atomic mass is 127. The van der Waals surface area contributed by atoms with E-state index < -0.39 is 0 Å². The number of nitrogens with zero attached hydrogens (tertiary/aromatic N) is 2. The van der Waals surface area contributed by atoms with E-state index in [0.717, 1.165) is 20.9 Å². The standard InChI is InChI=1S/C13H12BrIN2O/c14-12-5-2-9(15)8-11(12)13(18)17(7-1-6-16)10-3-4-10/h2,5,8,10H,1,3-4,7H2. The Morgan fingerprint density at radius 3 is 2.89 bits per heavy atom. The topological polar surface area (TPSA) is 44.1 Å². The van der Waals surface area contributed by atoms with E-state index in [0.29, 0.717) is 24.6 Å². The van der Waals surface area contributed by atoms with Crippen LogP contribution in [0, 0.1) is 14.9 Å². The third kappa shape index (κ3) is 3.23. The quantitative estimate of drug-likeness (QED) is 0.701. The Labute approximate surface area is 128 Å². The summed E-state index contributed by atoms with van der Waals surface area (Å²) >= 11 is 5.62. The minimum atomic E-state index is 0.0261. The molecule has 94 valence electrons. The summed E-state index contributed by atoms with van der Waals surface area (Å²) in [6.07, 6.45) is 2.50. The van der Waals surface area contributed by atoms with Gasteiger partial charge in [-0.25, -0.2) is 0 Å². The Bertz CT molecular complexity index is 508. The van der Waals surface area contributed by atoms with Crippen molar-refractivity contribution in [1.82, 2.24) is 4.90 Å². The van der Waals surface area contributed by atoms with Crippen LogP contribution in [0.25, 0.3) is 0 Å². The fourth-order valence-electron chi connectivity index (χ4n) is 1.82. The molecule has 1 aliphatic carbocycles. The number of hydrogen-bond donors (Lipinski definition) is 0. The van der Waals surface area contributed by atoms with Gasteiger partial charge in [-0.05, 0) is 69.6 Å². The number of halogens is 2. The molecule has 0 radical (unpaired) electrons. The molecule has 0 N–H and O–H groups in total. The number of hydrogen-bond acceptors (Lipinski definition) is 2. The highest BCUT2D eigenvalue weighted by Crippen LogP contribution is 2.30. The summed E-state index contributed by atoms with van der Waals surface area (Å²) in [4.78, 5) is 14.3. The molecular formula is C13H12BrIN2O. The number of carbonyl (C=O) groups is 1. The van der Waals surface area contributed by atoms with Gasteiger partial charge in [-0.3, -0.25) is 4.79 Å². The molecule has 2 rings (SSSR count). The number of amides is 1. The van der Waals surface area contributed by atoms with E-state index in [1.54, 1.807) is 0 Å². The Morgan fingerprint density at radius 2 is 2.28 bits per heavy atom. The monoisotopic (exact) mass is 418 g/mol. The average Bonchev–Trinajstić information content (AvgIpc) is 3.17. The van der Waals surface area contributed by atoms with Crippen molar-refractivity contribution in [1.29, 1.82) is 5.26 Å². The highest BCUT2D eigenvalue weighted by Gasteiger charge is 2.33. The summed E-state index contributed by atoms with van der Waals surface area (Å²) < 4.78 is 1.85. The van der Waals surface area contributed by atoms with E-state index in [1.165, 1.54) is 0 Å². The first-order valence-corrected chi connectivity index (χ1v) is 7.63. The van der Waals surface area contributed by atoms with Crippen LogP contribution in [-0.4, -0.2) is 23.4 Å². The second kappa shape index (κ2) is 6.02. The van der Waals surface area contributed by atoms with Crippen LogP contribution in [0.15, 0.2) is 22.7 Å². The fraction of sp³-hybridized carbons (Fsp3) is 0.385. The van der Waals surface area contributed by atoms with Crippen molar-refractivity contribution >= 4 is 44.4 Å². The van der Waals surface area contributed by atoms with E-state index in [2.05, 4.69) is 44.6 Å². The summed E-state index contributed by atoms with van der Waals surface area (Å²) in [5.41, 5.74) is 0.687. The maximum absolute atomic E-state index is 12.5. The lowest BCUT2D eigenvalue weighted by atomic mass is 10.2. The minimum absolute atomic E-state index is 0.0261. The zero-order chi connectivity index (χ0) is 13.1. The van der Waals surface area contributed by atoms with Crippen LogP contribution in [0.5, 0.6) is 0 Å². The first-order valence-electron chi connectivity index (χ1n) is 5.76. The lowest BCUT2D eigenvalue weighted by molar-refractivity contribution is 0.0746. The second-order valence-electron chi connectivity index (χ2n) is 4.26. The van der Waals surface area contributed by atoms with Gasteiger partial charge in [0.25, 0.3) is 5.91 Å². The average molecular weight is 419 g/mol. The van der Waals surface area contributed by atoms with E-state index in [4.69, 9.17) is 5.26 Å². The van der Waals surface area contributed by atoms with Crippen molar-refractivity contribution in [3.63, 3.8) is 0 Å². The van der Waals surface area contributed by atoms with Crippen molar-refractivity contribution < 1.29 is 4.79 Å². The molecule has 5 heteroatoms. The lowest BCUT2D eigenvalue weighted by Gasteiger charge is -2.22. The molecule has 1 saturated carbocycles. The van der Waals surface area contributed by atoms with Gasteiger partial charge in [0.15, 0.2) is 0 Å². The predicted octanol–water partition coefficient (Wildman–Crippen LogP) is 3.57. The van der Waals surface area contributed by atoms with Crippen molar-refractivity contribution in [3.8, 4) is 6.07 Å². The van der Waals surface area contributed by atoms with Crippen LogP contribution in [-0.2, 0) is 0 Å². The Balaban J connectivity index is 2.22. The van der Waals surface area contributed by atoms with Gasteiger partial charge in [-0.15, -0.1) is 0 Å². The fourth-order valence-corrected chi connectivity index (χ4v) is 2.73. The molecule has 18 heavy (non-hydrogen) atoms. The van der Waals surface area contributed by atoms with Crippen LogP contribution in [0.1, 0.15) is 29.6 Å². The number of nitriles is 1. The van der Waals surface area contributed by atoms with E-state index in [9.17, 15) is 4.79 Å². The molecule has 1 amide bonds. The van der Waals surface area contributed by atoms with E-state index >= 15 is 0 Å². The van der Waals surface area contributed by atoms with Gasteiger partial charge in [0.2, 0.25) is 0 Å². The third-order valence-electron chi connectivity index (χ3n) is 2.87. The maximum Gasteiger partial charge on any atom is 0.255 e. The van der Waals surface area contributed by atoms with Crippen molar-refractivity contribution in [2.75, 3.05) is 6.54 Å². The van der Waals surface area contributed by atoms with E-state index in [-0.39, 0.29) is 5.91 Å². The van der Waals surface area contributed by atoms with E-state index in [1.807, 2.05) is 23.1 Å². The molecular weight excluding hydrogens is 407 g/mol. The second-order valence-corrected chi connectivity index (χ2v) is 6.36. The molecule has 0 bridgehead atoms. The van der Waals surface area contributed by atoms with Crippen LogP contribution >= 0.6 is 38.5 Å². The summed E-state index contributed by atoms with van der Waals surface area (Å²) in [5, 5.41) is 8.67. The first-order chi connectivity index (χ1) is 8.63. The summed E-state index contributed by atoms with van der Waals surface area (Å²) in [7, 11) is 0. The van der Waals surface area contributed by atoms with Gasteiger partial charge in [-0.2, -0.15) is 5.26 Å². The molecule has 1 fully saturated rings. The molecule has 0 aromatic heterocycles. The maximum atomic E-state index is 12.5. The van der Waals surface area contributed by atoms with Crippen molar-refractivity contribution in [2.24, 2.45) is 0 Å². The SMILES string of the molecule is N#CCCN(C(=O)c1cc(I)ccc1Br)C1CC1. The smallest absolute Gasteiger partial charge is 0.255 e. The molecule has 0 aliphatic heterocycles. The number of carbonyl (C=O) groups excluding carboxylic acids is 1. The van der Waals surface area contributed by atoms with Gasteiger partial charge >= 0.3 is 0 Å². The first kappa shape index (κ1) is 13.8. The molecule has 0 atom stereocenters. The van der Waals surface area contributed by atoms with Gasteiger partial charge in [0.05, 0.1) is 18.1 Å². The van der Waals surface area contributed by atoms with Crippen LogP contribution in [0.4, 0.5) is 0 Å². The summed E-state index contributed by atoms with van der Waals surface area (Å²) in [5.74, 6) is 0.0261. The Hall–Kier alpha value is -0.610. The number of rotatable bonds is 4. The number of benzene rings is 1. The predicted molar refractivity (Wildman–Crippen MR) is 81.1 cm³/mol. The van der Waals surface area contributed by atoms with Gasteiger partial charge < -0.3 is 4.90 Å². The summed E-state index contributed by atoms with van der Waals surface area (Å²) in [6.45, 7) is 0.526. The molecule has 0 unspecified atom stereocenters. The molecule has 1 aromatic carbocycles. The van der Waals surface area contributed by atoms with Gasteiger partial charge in [-0.1, -0.05) is 0 Å². The molecule has 0 saturated heterocycles. The Morgan fingerprint density at radius 1 is 1.56 bits per heavy atom. The minimum Gasteiger partial charge on any atom is -0.335 e. The zero-order valence-corrected chi connectivity index (χ0v) is 13.4. The molecule has 1 aromatic rings. The largest absolute Gasteiger partial charge is 0.335 e. The van der Waals surface area contributed by atoms with Crippen LogP contribution < -0.4 is 0 Å². The molecule has 1 aliphatic rings. The highest BCUT2D eigenvalue weighted by molar-refractivity contribution is 14.1. The zero-order valence-electron chi connectivity index (χ0n) is 9.70. The van der Waals surface area contributed by atoms with Gasteiger partial charge in [0.1, 0.15) is 0 Å². The van der Waals surface area contributed by atoms with Crippen LogP contribution in [0.3, 0.4) is 0 Å². The molecule has 0 heterocycles. The van der Waals surface area contributed by atoms with Crippen molar-refractivity contribution in [3.05, 3.63) is 31.8 Å². The molecule has 3 nitrogen and oxygen atoms in total. The summed E-state index contributed by atoms with van der Waals surface area (Å²) in [6, 6.07) is 8.17.